The van der Waals surface area contributed by atoms with E-state index in [0.717, 1.165) is 22.9 Å². The van der Waals surface area contributed by atoms with Crippen molar-refractivity contribution >= 4 is 5.69 Å². The van der Waals surface area contributed by atoms with Crippen LogP contribution in [0.3, 0.4) is 0 Å². The Hall–Kier alpha value is -2.76. The number of hydrogen-bond acceptors (Lipinski definition) is 5. The van der Waals surface area contributed by atoms with Gasteiger partial charge in [-0.1, -0.05) is 0 Å². The van der Waals surface area contributed by atoms with Crippen LogP contribution in [0.5, 0.6) is 0 Å². The first kappa shape index (κ1) is 12.3. The van der Waals surface area contributed by atoms with E-state index in [1.54, 1.807) is 17.2 Å². The van der Waals surface area contributed by atoms with Gasteiger partial charge in [-0.2, -0.15) is 5.10 Å². The van der Waals surface area contributed by atoms with E-state index in [9.17, 15) is 0 Å². The van der Waals surface area contributed by atoms with Crippen LogP contribution in [0.4, 0.5) is 5.69 Å². The predicted octanol–water partition coefficient (Wildman–Crippen LogP) is 1.98. The summed E-state index contributed by atoms with van der Waals surface area (Å²) in [7, 11) is 0. The van der Waals surface area contributed by atoms with E-state index in [1.807, 2.05) is 37.3 Å². The average Bonchev–Trinajstić information content (AvgIpc) is 3.00. The van der Waals surface area contributed by atoms with Gasteiger partial charge in [0.15, 0.2) is 0 Å². The molecule has 6 heteroatoms. The molecule has 0 bridgehead atoms. The maximum Gasteiger partial charge on any atom is 0.138 e. The van der Waals surface area contributed by atoms with Gasteiger partial charge in [-0.05, 0) is 37.3 Å². The minimum Gasteiger partial charge on any atom is -0.379 e. The first-order valence-corrected chi connectivity index (χ1v) is 6.29. The molecule has 6 nitrogen and oxygen atoms in total. The van der Waals surface area contributed by atoms with Crippen LogP contribution < -0.4 is 5.32 Å². The van der Waals surface area contributed by atoms with Crippen molar-refractivity contribution in [3.05, 3.63) is 60.7 Å². The Balaban J connectivity index is 1.67. The van der Waals surface area contributed by atoms with Crippen molar-refractivity contribution in [1.82, 2.24) is 24.7 Å². The maximum absolute atomic E-state index is 4.35. The molecule has 3 rings (SSSR count). The highest BCUT2D eigenvalue weighted by atomic mass is 15.3. The second-order valence-electron chi connectivity index (χ2n) is 4.34. The number of nitrogens with zero attached hydrogens (tertiary/aromatic N) is 5. The third kappa shape index (κ3) is 2.80. The van der Waals surface area contributed by atoms with E-state index in [0.29, 0.717) is 6.54 Å². The second kappa shape index (κ2) is 5.48. The van der Waals surface area contributed by atoms with Gasteiger partial charge in [0, 0.05) is 11.9 Å². The van der Waals surface area contributed by atoms with Crippen LogP contribution >= 0.6 is 0 Å². The lowest BCUT2D eigenvalue weighted by atomic mass is 10.2. The van der Waals surface area contributed by atoms with Crippen molar-refractivity contribution in [2.24, 2.45) is 0 Å². The Bertz CT molecular complexity index is 675. The Labute approximate surface area is 116 Å². The summed E-state index contributed by atoms with van der Waals surface area (Å²) in [4.78, 5) is 12.4. The van der Waals surface area contributed by atoms with E-state index in [4.69, 9.17) is 0 Å². The largest absolute Gasteiger partial charge is 0.379 e. The lowest BCUT2D eigenvalue weighted by Gasteiger charge is -2.07. The Morgan fingerprint density at radius 1 is 1.15 bits per heavy atom. The Morgan fingerprint density at radius 3 is 2.70 bits per heavy atom. The van der Waals surface area contributed by atoms with Crippen LogP contribution in [0.15, 0.2) is 49.2 Å². The first-order valence-electron chi connectivity index (χ1n) is 6.29. The lowest BCUT2D eigenvalue weighted by Crippen LogP contribution is -2.03. The molecule has 0 atom stereocenters. The van der Waals surface area contributed by atoms with Gasteiger partial charge in [-0.15, -0.1) is 0 Å². The molecule has 0 aliphatic carbocycles. The SMILES string of the molecule is Cc1nccc(CNc2ccc(-n3cncn3)cc2)n1. The Kier molecular flexibility index (Phi) is 3.36. The summed E-state index contributed by atoms with van der Waals surface area (Å²) in [5, 5.41) is 7.41. The van der Waals surface area contributed by atoms with Crippen molar-refractivity contribution < 1.29 is 0 Å². The van der Waals surface area contributed by atoms with Gasteiger partial charge in [0.2, 0.25) is 0 Å². The molecule has 20 heavy (non-hydrogen) atoms. The van der Waals surface area contributed by atoms with Gasteiger partial charge in [-0.3, -0.25) is 0 Å². The highest BCUT2D eigenvalue weighted by Crippen LogP contribution is 2.12. The molecule has 2 heterocycles. The van der Waals surface area contributed by atoms with Crippen LogP contribution in [0.25, 0.3) is 5.69 Å². The molecule has 1 N–H and O–H groups in total. The molecule has 0 saturated heterocycles. The first-order chi connectivity index (χ1) is 9.81. The van der Waals surface area contributed by atoms with E-state index < -0.39 is 0 Å². The summed E-state index contributed by atoms with van der Waals surface area (Å²) < 4.78 is 1.72. The summed E-state index contributed by atoms with van der Waals surface area (Å²) in [5.41, 5.74) is 2.98. The van der Waals surface area contributed by atoms with E-state index in [2.05, 4.69) is 25.4 Å². The zero-order chi connectivity index (χ0) is 13.8. The van der Waals surface area contributed by atoms with Gasteiger partial charge < -0.3 is 5.32 Å². The van der Waals surface area contributed by atoms with Crippen molar-refractivity contribution in [3.63, 3.8) is 0 Å². The topological polar surface area (TPSA) is 68.5 Å². The number of rotatable bonds is 4. The number of nitrogens with one attached hydrogen (secondary N) is 1. The fraction of sp³-hybridized carbons (Fsp3) is 0.143. The molecule has 0 aliphatic rings. The van der Waals surface area contributed by atoms with Crippen LogP contribution in [-0.4, -0.2) is 24.7 Å². The zero-order valence-corrected chi connectivity index (χ0v) is 11.1. The minimum atomic E-state index is 0.673. The molecule has 100 valence electrons. The van der Waals surface area contributed by atoms with E-state index >= 15 is 0 Å². The minimum absolute atomic E-state index is 0.673. The fourth-order valence-electron chi connectivity index (χ4n) is 1.87. The fourth-order valence-corrected chi connectivity index (χ4v) is 1.87. The molecule has 1 aromatic carbocycles. The summed E-state index contributed by atoms with van der Waals surface area (Å²) >= 11 is 0. The second-order valence-corrected chi connectivity index (χ2v) is 4.34. The molecule has 0 aliphatic heterocycles. The third-order valence-electron chi connectivity index (χ3n) is 2.86. The van der Waals surface area contributed by atoms with Gasteiger partial charge in [-0.25, -0.2) is 19.6 Å². The summed E-state index contributed by atoms with van der Waals surface area (Å²) in [6, 6.07) is 9.89. The summed E-state index contributed by atoms with van der Waals surface area (Å²) in [5.74, 6) is 0.783. The summed E-state index contributed by atoms with van der Waals surface area (Å²) in [6.07, 6.45) is 4.96. The number of aromatic nitrogens is 5. The molecule has 3 aromatic rings. The normalized spacial score (nSPS) is 10.4. The van der Waals surface area contributed by atoms with Gasteiger partial charge >= 0.3 is 0 Å². The van der Waals surface area contributed by atoms with Crippen LogP contribution in [0, 0.1) is 6.92 Å². The standard InChI is InChI=1S/C14H14N6/c1-11-16-7-6-13(19-11)8-17-12-2-4-14(5-3-12)20-10-15-9-18-20/h2-7,9-10,17H,8H2,1H3. The molecule has 2 aromatic heterocycles. The van der Waals surface area contributed by atoms with Crippen molar-refractivity contribution in [1.29, 1.82) is 0 Å². The van der Waals surface area contributed by atoms with E-state index in [1.165, 1.54) is 6.33 Å². The number of hydrogen-bond donors (Lipinski definition) is 1. The zero-order valence-electron chi connectivity index (χ0n) is 11.1. The van der Waals surface area contributed by atoms with Crippen molar-refractivity contribution in [2.75, 3.05) is 5.32 Å². The highest BCUT2D eigenvalue weighted by Gasteiger charge is 1.99. The molecule has 0 fully saturated rings. The van der Waals surface area contributed by atoms with Gasteiger partial charge in [0.25, 0.3) is 0 Å². The van der Waals surface area contributed by atoms with Gasteiger partial charge in [0.05, 0.1) is 17.9 Å². The lowest BCUT2D eigenvalue weighted by molar-refractivity contribution is 0.879. The van der Waals surface area contributed by atoms with Gasteiger partial charge in [0.1, 0.15) is 18.5 Å². The van der Waals surface area contributed by atoms with Crippen LogP contribution in [0.2, 0.25) is 0 Å². The van der Waals surface area contributed by atoms with Crippen LogP contribution in [0.1, 0.15) is 11.5 Å². The monoisotopic (exact) mass is 266 g/mol. The smallest absolute Gasteiger partial charge is 0.138 e. The molecular weight excluding hydrogens is 252 g/mol. The van der Waals surface area contributed by atoms with Crippen LogP contribution in [-0.2, 0) is 6.54 Å². The quantitative estimate of drug-likeness (QED) is 0.782. The van der Waals surface area contributed by atoms with Crippen molar-refractivity contribution in [3.8, 4) is 5.69 Å². The number of benzene rings is 1. The molecule has 0 unspecified atom stereocenters. The summed E-state index contributed by atoms with van der Waals surface area (Å²) in [6.45, 7) is 2.56. The number of anilines is 1. The Morgan fingerprint density at radius 2 is 2.00 bits per heavy atom. The van der Waals surface area contributed by atoms with Crippen molar-refractivity contribution in [2.45, 2.75) is 13.5 Å². The molecule has 0 spiro atoms. The third-order valence-corrected chi connectivity index (χ3v) is 2.86. The molecule has 0 amide bonds. The predicted molar refractivity (Wildman–Crippen MR) is 75.5 cm³/mol. The molecule has 0 radical (unpaired) electrons. The van der Waals surface area contributed by atoms with E-state index in [-0.39, 0.29) is 0 Å². The molecule has 0 saturated carbocycles. The number of aryl methyl sites for hydroxylation is 1. The maximum atomic E-state index is 4.35. The highest BCUT2D eigenvalue weighted by molar-refractivity contribution is 5.48. The molecular formula is C14H14N6. The average molecular weight is 266 g/mol.